The van der Waals surface area contributed by atoms with Crippen LogP contribution in [-0.4, -0.2) is 24.5 Å². The second-order valence-corrected chi connectivity index (χ2v) is 36.1. The molecule has 10 saturated heterocycles. The monoisotopic (exact) mass is 325 g/mol. The van der Waals surface area contributed by atoms with Crippen LogP contribution in [0.5, 0.6) is 0 Å². The zero-order valence-electron chi connectivity index (χ0n) is 13.2. The van der Waals surface area contributed by atoms with E-state index in [0.717, 1.165) is 4.31 Å². The first-order valence-electron chi connectivity index (χ1n) is 9.58. The molecule has 21 heavy (non-hydrogen) atoms. The molecule has 1 nitrogen and oxygen atoms in total. The van der Waals surface area contributed by atoms with Crippen molar-refractivity contribution >= 4 is 0 Å². The second-order valence-electron chi connectivity index (χ2n) is 12.6. The molecule has 10 rings (SSSR count). The Kier molecular flexibility index (Phi) is 0.424. The minimum atomic E-state index is -2.89. The van der Waals surface area contributed by atoms with Crippen LogP contribution < -0.4 is 0 Å². The molecule has 1 spiro atoms. The summed E-state index contributed by atoms with van der Waals surface area (Å²) in [6.07, 6.45) is 2.63. The topological polar surface area (TPSA) is 3.24 Å². The summed E-state index contributed by atoms with van der Waals surface area (Å²) in [5, 5.41) is 0. The molecule has 0 aromatic rings. The Balaban J connectivity index is 1.19. The van der Waals surface area contributed by atoms with Crippen molar-refractivity contribution in [3.8, 4) is 0 Å². The Bertz CT molecular complexity index is 966. The molecule has 0 aliphatic carbocycles. The van der Waals surface area contributed by atoms with Gasteiger partial charge < -0.3 is 0 Å². The van der Waals surface area contributed by atoms with Gasteiger partial charge in [-0.15, -0.1) is 0 Å². The molecular formula is C19H27FeN. The van der Waals surface area contributed by atoms with E-state index in [1.54, 1.807) is 0 Å². The van der Waals surface area contributed by atoms with Gasteiger partial charge in [-0.25, -0.2) is 0 Å². The molecule has 0 aromatic heterocycles. The number of fused-ring (bicyclic) bond motifs is 10. The van der Waals surface area contributed by atoms with Gasteiger partial charge in [0.15, 0.2) is 0 Å². The molecule has 0 saturated carbocycles. The van der Waals surface area contributed by atoms with Gasteiger partial charge in [0.05, 0.1) is 0 Å². The number of nitrogens with zero attached hydrogens (tertiary/aromatic N) is 1. The van der Waals surface area contributed by atoms with E-state index >= 15 is 0 Å². The third-order valence-corrected chi connectivity index (χ3v) is 59.1. The Labute approximate surface area is 117 Å². The molecule has 0 radical (unpaired) electrons. The molecular weight excluding hydrogens is 298 g/mol. The summed E-state index contributed by atoms with van der Waals surface area (Å²) in [6, 6.07) is 0. The maximum atomic E-state index is 4.84. The standard InChI is InChI=1S/C14H22N.C5H5.Fe/c1-4-10-15(11-5-2)12-13(3)14-8-6-7-9-14;1-2-4-5-3-1;/h6-9H,3-5,10-12H2,1-2H3;1-5H;. The van der Waals surface area contributed by atoms with E-state index in [4.69, 9.17) is 6.58 Å². The summed E-state index contributed by atoms with van der Waals surface area (Å²) in [4.78, 5) is 15.8. The predicted octanol–water partition coefficient (Wildman–Crippen LogP) is 5.42. The molecule has 10 aliphatic heterocycles. The zero-order chi connectivity index (χ0) is 13.7. The second kappa shape index (κ2) is 0.938. The number of rotatable bonds is 7. The van der Waals surface area contributed by atoms with Crippen molar-refractivity contribution in [2.45, 2.75) is 74.3 Å². The Morgan fingerprint density at radius 1 is 0.905 bits per heavy atom. The summed E-state index contributed by atoms with van der Waals surface area (Å²) >= 11 is 0. The van der Waals surface area contributed by atoms with E-state index in [9.17, 15) is 0 Å². The molecule has 0 aromatic carbocycles. The fraction of sp³-hybridized carbons (Fsp3) is 0.895. The normalized spacial score (nSPS) is 98.9. The molecule has 0 bridgehead atoms. The SMILES string of the molecule is C=C(CN(CCC)CCC)[C]12[CH]3[CH]4[CH]5[CH]1[Fe]45321678[CH]2[CH]1[CH]6[CH]7[CH]28. The summed E-state index contributed by atoms with van der Waals surface area (Å²) in [7, 11) is 0. The van der Waals surface area contributed by atoms with Crippen molar-refractivity contribution in [1.82, 2.24) is 4.90 Å². The third-order valence-electron chi connectivity index (χ3n) is 16.7. The zero-order valence-corrected chi connectivity index (χ0v) is 14.3. The van der Waals surface area contributed by atoms with Crippen LogP contribution in [0, 0.1) is 0 Å². The first-order chi connectivity index (χ1) is 9.96. The average Bonchev–Trinajstić information content (AvgIpc) is 3.40. The third kappa shape index (κ3) is 0.128. The summed E-state index contributed by atoms with van der Waals surface area (Å²) in [6.45, 7) is 10.5. The summed E-state index contributed by atoms with van der Waals surface area (Å²) in [5.41, 5.74) is 1.83. The van der Waals surface area contributed by atoms with Gasteiger partial charge in [-0.1, -0.05) is 0 Å². The Morgan fingerprint density at radius 3 is 1.67 bits per heavy atom. The van der Waals surface area contributed by atoms with E-state index in [1.807, 2.05) is 5.57 Å². The summed E-state index contributed by atoms with van der Waals surface area (Å²) in [5.74, 6) is 0. The predicted molar refractivity (Wildman–Crippen MR) is 82.6 cm³/mol. The van der Waals surface area contributed by atoms with E-state index in [1.165, 1.54) is 75.8 Å². The van der Waals surface area contributed by atoms with E-state index in [2.05, 4.69) is 18.7 Å². The quantitative estimate of drug-likeness (QED) is 0.446. The Hall–Kier alpha value is 0.219. The van der Waals surface area contributed by atoms with Crippen molar-refractivity contribution in [2.75, 3.05) is 19.6 Å². The van der Waals surface area contributed by atoms with Crippen LogP contribution in [0.3, 0.4) is 0 Å². The van der Waals surface area contributed by atoms with Crippen molar-refractivity contribution < 1.29 is 6.51 Å². The minimum absolute atomic E-state index is 0.943. The van der Waals surface area contributed by atoms with E-state index in [-0.39, 0.29) is 0 Å². The first-order valence-corrected chi connectivity index (χ1v) is 15.9. The van der Waals surface area contributed by atoms with E-state index in [0.29, 0.717) is 0 Å². The van der Waals surface area contributed by atoms with Gasteiger partial charge in [-0.2, -0.15) is 0 Å². The van der Waals surface area contributed by atoms with Crippen molar-refractivity contribution in [1.29, 1.82) is 0 Å². The van der Waals surface area contributed by atoms with Crippen LogP contribution in [0.1, 0.15) is 26.7 Å². The molecule has 4 atom stereocenters. The van der Waals surface area contributed by atoms with Crippen molar-refractivity contribution in [3.05, 3.63) is 12.2 Å². The fourth-order valence-electron chi connectivity index (χ4n) is 18.5. The van der Waals surface area contributed by atoms with Gasteiger partial charge in [-0.05, 0) is 0 Å². The van der Waals surface area contributed by atoms with Crippen LogP contribution >= 0.6 is 0 Å². The molecule has 2 heteroatoms. The van der Waals surface area contributed by atoms with Gasteiger partial charge in [-0.3, -0.25) is 0 Å². The van der Waals surface area contributed by atoms with Gasteiger partial charge in [0.2, 0.25) is 0 Å². The van der Waals surface area contributed by atoms with Gasteiger partial charge >= 0.3 is 118 Å². The van der Waals surface area contributed by atoms with Crippen molar-refractivity contribution in [3.63, 3.8) is 0 Å². The van der Waals surface area contributed by atoms with Crippen LogP contribution in [0.2, 0.25) is 47.7 Å². The molecule has 0 N–H and O–H groups in total. The van der Waals surface area contributed by atoms with Gasteiger partial charge in [0, 0.05) is 0 Å². The van der Waals surface area contributed by atoms with Crippen LogP contribution in [-0.2, 0) is 6.51 Å². The van der Waals surface area contributed by atoms with Gasteiger partial charge in [0.1, 0.15) is 0 Å². The summed E-state index contributed by atoms with van der Waals surface area (Å²) < 4.78 is 0.943. The molecule has 0 amide bonds. The van der Waals surface area contributed by atoms with E-state index < -0.39 is 6.51 Å². The van der Waals surface area contributed by atoms with Crippen LogP contribution in [0.4, 0.5) is 0 Å². The molecule has 10 aliphatic rings. The van der Waals surface area contributed by atoms with Crippen LogP contribution in [0.15, 0.2) is 12.2 Å². The molecule has 10 heterocycles. The number of hydrogen-bond acceptors (Lipinski definition) is 1. The van der Waals surface area contributed by atoms with Crippen LogP contribution in [0.25, 0.3) is 0 Å². The molecule has 4 unspecified atom stereocenters. The first kappa shape index (κ1) is 9.50. The fourth-order valence-corrected chi connectivity index (χ4v) is 93.1. The average molecular weight is 325 g/mol. The molecule has 116 valence electrons. The van der Waals surface area contributed by atoms with Gasteiger partial charge in [0.25, 0.3) is 0 Å². The maximum absolute atomic E-state index is 4.84. The molecule has 10 fully saturated rings. The Morgan fingerprint density at radius 2 is 1.38 bits per heavy atom. The van der Waals surface area contributed by atoms with Crippen molar-refractivity contribution in [2.24, 2.45) is 0 Å². The number of hydrogen-bond donors (Lipinski definition) is 0.